The van der Waals surface area contributed by atoms with Crippen LogP contribution in [0, 0.1) is 0 Å². The molecule has 2 heteroatoms. The average Bonchev–Trinajstić information content (AvgIpc) is 3.48. The van der Waals surface area contributed by atoms with Crippen LogP contribution in [0.3, 0.4) is 0 Å². The Balaban J connectivity index is 1.11. The van der Waals surface area contributed by atoms with Gasteiger partial charge in [0.2, 0.25) is 0 Å². The van der Waals surface area contributed by atoms with Gasteiger partial charge in [-0.1, -0.05) is 184 Å². The number of aromatic nitrogens is 2. The van der Waals surface area contributed by atoms with Gasteiger partial charge in [0.25, 0.3) is 0 Å². The van der Waals surface area contributed by atoms with Gasteiger partial charge in [0, 0.05) is 22.1 Å². The van der Waals surface area contributed by atoms with Gasteiger partial charge >= 0.3 is 0 Å². The van der Waals surface area contributed by atoms with Crippen molar-refractivity contribution in [2.45, 2.75) is 19.3 Å². The van der Waals surface area contributed by atoms with E-state index in [9.17, 15) is 0 Å². The number of hydrogen-bond donors (Lipinski definition) is 0. The Morgan fingerprint density at radius 2 is 0.836 bits per heavy atom. The van der Waals surface area contributed by atoms with E-state index in [2.05, 4.69) is 196 Å². The van der Waals surface area contributed by atoms with Crippen molar-refractivity contribution in [1.82, 2.24) is 9.97 Å². The molecule has 1 aromatic heterocycles. The lowest BCUT2D eigenvalue weighted by Gasteiger charge is -2.22. The van der Waals surface area contributed by atoms with Crippen molar-refractivity contribution in [3.8, 4) is 56.2 Å². The van der Waals surface area contributed by atoms with Crippen molar-refractivity contribution in [1.29, 1.82) is 0 Å². The van der Waals surface area contributed by atoms with Gasteiger partial charge in [-0.15, -0.1) is 0 Å². The van der Waals surface area contributed by atoms with Gasteiger partial charge in [0.15, 0.2) is 5.82 Å². The first-order valence-electron chi connectivity index (χ1n) is 19.1. The Morgan fingerprint density at radius 3 is 1.53 bits per heavy atom. The van der Waals surface area contributed by atoms with Crippen molar-refractivity contribution in [2.24, 2.45) is 0 Å². The molecule has 0 saturated heterocycles. The zero-order valence-corrected chi connectivity index (χ0v) is 30.7. The van der Waals surface area contributed by atoms with Crippen LogP contribution < -0.4 is 0 Å². The number of rotatable bonds is 4. The lowest BCUT2D eigenvalue weighted by Crippen LogP contribution is -2.15. The largest absolute Gasteiger partial charge is 0.228 e. The molecule has 0 amide bonds. The number of benzene rings is 9. The number of hydrogen-bond acceptors (Lipinski definition) is 2. The van der Waals surface area contributed by atoms with Gasteiger partial charge in [-0.25, -0.2) is 9.97 Å². The van der Waals surface area contributed by atoms with E-state index in [4.69, 9.17) is 9.97 Å². The summed E-state index contributed by atoms with van der Waals surface area (Å²) < 4.78 is 0. The lowest BCUT2D eigenvalue weighted by atomic mass is 9.81. The van der Waals surface area contributed by atoms with Gasteiger partial charge in [-0.2, -0.15) is 0 Å². The van der Waals surface area contributed by atoms with E-state index in [-0.39, 0.29) is 5.41 Å². The molecule has 0 saturated carbocycles. The Bertz CT molecular complexity index is 3080. The Hall–Kier alpha value is -6.90. The first kappa shape index (κ1) is 31.6. The van der Waals surface area contributed by atoms with Gasteiger partial charge in [-0.3, -0.25) is 0 Å². The first-order chi connectivity index (χ1) is 27.0. The van der Waals surface area contributed by atoms with Crippen LogP contribution in [-0.4, -0.2) is 9.97 Å². The molecule has 9 aromatic carbocycles. The van der Waals surface area contributed by atoms with Crippen molar-refractivity contribution < 1.29 is 0 Å². The summed E-state index contributed by atoms with van der Waals surface area (Å²) in [4.78, 5) is 10.7. The second kappa shape index (κ2) is 12.1. The van der Waals surface area contributed by atoms with Crippen LogP contribution in [0.15, 0.2) is 182 Å². The highest BCUT2D eigenvalue weighted by Gasteiger charge is 2.36. The molecule has 11 rings (SSSR count). The highest BCUT2D eigenvalue weighted by atomic mass is 14.9. The fraction of sp³-hybridized carbons (Fsp3) is 0.0566. The van der Waals surface area contributed by atoms with E-state index >= 15 is 0 Å². The normalized spacial score (nSPS) is 13.1. The molecule has 10 aromatic rings. The van der Waals surface area contributed by atoms with Crippen LogP contribution in [-0.2, 0) is 5.41 Å². The minimum absolute atomic E-state index is 0.114. The SMILES string of the molecule is CC1(C)c2cc(-c3ccc(-c4cc(-c5cccc6ccccc56)nc(-c5cccc6ccccc56)n4)c4ccccc34)ccc2-c2c1ccc1ccccc21. The van der Waals surface area contributed by atoms with Crippen LogP contribution in [0.25, 0.3) is 99.2 Å². The van der Waals surface area contributed by atoms with Crippen LogP contribution in [0.4, 0.5) is 0 Å². The van der Waals surface area contributed by atoms with Crippen LogP contribution in [0.1, 0.15) is 25.0 Å². The van der Waals surface area contributed by atoms with Gasteiger partial charge in [-0.05, 0) is 88.6 Å². The Labute approximate surface area is 320 Å². The van der Waals surface area contributed by atoms with E-state index in [0.717, 1.165) is 39.3 Å². The second-order valence-corrected chi connectivity index (χ2v) is 15.3. The maximum atomic E-state index is 5.39. The highest BCUT2D eigenvalue weighted by Crippen LogP contribution is 2.52. The summed E-state index contributed by atoms with van der Waals surface area (Å²) in [5.41, 5.74) is 12.8. The molecule has 0 spiro atoms. The first-order valence-corrected chi connectivity index (χ1v) is 19.1. The second-order valence-electron chi connectivity index (χ2n) is 15.3. The summed E-state index contributed by atoms with van der Waals surface area (Å²) in [6.45, 7) is 4.74. The smallest absolute Gasteiger partial charge is 0.161 e. The van der Waals surface area contributed by atoms with E-state index in [1.165, 1.54) is 71.1 Å². The van der Waals surface area contributed by atoms with Crippen molar-refractivity contribution in [2.75, 3.05) is 0 Å². The summed E-state index contributed by atoms with van der Waals surface area (Å²) in [6.07, 6.45) is 0. The monoisotopic (exact) mass is 700 g/mol. The fourth-order valence-electron chi connectivity index (χ4n) is 9.16. The Kier molecular flexibility index (Phi) is 6.93. The predicted molar refractivity (Wildman–Crippen MR) is 231 cm³/mol. The van der Waals surface area contributed by atoms with Crippen molar-refractivity contribution in [3.05, 3.63) is 193 Å². The molecule has 0 atom stereocenters. The van der Waals surface area contributed by atoms with Crippen LogP contribution >= 0.6 is 0 Å². The van der Waals surface area contributed by atoms with Crippen molar-refractivity contribution >= 4 is 43.1 Å². The summed E-state index contributed by atoms with van der Waals surface area (Å²) in [5.74, 6) is 0.721. The standard InChI is InChI=1S/C53H36N2/c1-53(2)47-30-26-35-15-5-8-20-40(35)51(47)46-27-25-36(31-48(46)53)39-28-29-44(42-22-10-9-21-41(39)42)50-32-49(43-23-11-16-33-13-3-6-18-37(33)43)54-52(55-50)45-24-12-17-34-14-4-7-19-38(34)45/h3-32H,1-2H3. The molecule has 1 aliphatic rings. The molecule has 55 heavy (non-hydrogen) atoms. The summed E-state index contributed by atoms with van der Waals surface area (Å²) in [6, 6.07) is 65.9. The lowest BCUT2D eigenvalue weighted by molar-refractivity contribution is 0.661. The van der Waals surface area contributed by atoms with E-state index < -0.39 is 0 Å². The maximum Gasteiger partial charge on any atom is 0.161 e. The topological polar surface area (TPSA) is 25.8 Å². The molecule has 0 unspecified atom stereocenters. The number of nitrogens with zero attached hydrogens (tertiary/aromatic N) is 2. The molecule has 0 radical (unpaired) electrons. The minimum Gasteiger partial charge on any atom is -0.228 e. The molecular weight excluding hydrogens is 665 g/mol. The van der Waals surface area contributed by atoms with Gasteiger partial charge in [0.05, 0.1) is 11.4 Å². The molecule has 2 nitrogen and oxygen atoms in total. The van der Waals surface area contributed by atoms with E-state index in [1.54, 1.807) is 0 Å². The zero-order valence-electron chi connectivity index (χ0n) is 30.7. The fourth-order valence-corrected chi connectivity index (χ4v) is 9.16. The third-order valence-electron chi connectivity index (χ3n) is 11.9. The summed E-state index contributed by atoms with van der Waals surface area (Å²) in [7, 11) is 0. The van der Waals surface area contributed by atoms with E-state index in [1.807, 2.05) is 0 Å². The third kappa shape index (κ3) is 4.88. The van der Waals surface area contributed by atoms with Gasteiger partial charge < -0.3 is 0 Å². The average molecular weight is 701 g/mol. The Morgan fingerprint density at radius 1 is 0.345 bits per heavy atom. The minimum atomic E-state index is -0.114. The predicted octanol–water partition coefficient (Wildman–Crippen LogP) is 14.1. The molecule has 258 valence electrons. The molecule has 0 N–H and O–H groups in total. The maximum absolute atomic E-state index is 5.39. The molecular formula is C53H36N2. The quantitative estimate of drug-likeness (QED) is 0.183. The van der Waals surface area contributed by atoms with E-state index in [0.29, 0.717) is 0 Å². The van der Waals surface area contributed by atoms with Crippen LogP contribution in [0.5, 0.6) is 0 Å². The molecule has 1 aliphatic carbocycles. The molecule has 0 fully saturated rings. The summed E-state index contributed by atoms with van der Waals surface area (Å²) >= 11 is 0. The highest BCUT2D eigenvalue weighted by molar-refractivity contribution is 6.07. The molecule has 0 aliphatic heterocycles. The molecule has 0 bridgehead atoms. The summed E-state index contributed by atoms with van der Waals surface area (Å²) in [5, 5.41) is 9.66. The van der Waals surface area contributed by atoms with Crippen LogP contribution in [0.2, 0.25) is 0 Å². The molecule has 1 heterocycles. The van der Waals surface area contributed by atoms with Crippen molar-refractivity contribution in [3.63, 3.8) is 0 Å². The number of fused-ring (bicyclic) bond motifs is 8. The third-order valence-corrected chi connectivity index (χ3v) is 11.9. The zero-order chi connectivity index (χ0) is 36.7. The van der Waals surface area contributed by atoms with Gasteiger partial charge in [0.1, 0.15) is 0 Å².